The van der Waals surface area contributed by atoms with Crippen LogP contribution in [-0.4, -0.2) is 23.5 Å². The third-order valence-electron chi connectivity index (χ3n) is 3.58. The molecule has 1 amide bonds. The highest BCUT2D eigenvalue weighted by molar-refractivity contribution is 7.99. The molecular weight excluding hydrogens is 280 g/mol. The van der Waals surface area contributed by atoms with Crippen molar-refractivity contribution >= 4 is 35.0 Å². The Morgan fingerprint density at radius 2 is 2.05 bits per heavy atom. The maximum Gasteiger partial charge on any atom is 0.253 e. The first kappa shape index (κ1) is 14.5. The van der Waals surface area contributed by atoms with Gasteiger partial charge in [-0.1, -0.05) is 11.6 Å². The Morgan fingerprint density at radius 3 is 2.63 bits per heavy atom. The Hall–Kier alpha value is -0.870. The molecule has 1 saturated carbocycles. The molecule has 0 bridgehead atoms. The van der Waals surface area contributed by atoms with Gasteiger partial charge in [-0.2, -0.15) is 11.8 Å². The Labute approximate surface area is 123 Å². The Balaban J connectivity index is 1.94. The molecular formula is C14H19ClN2OS. The molecule has 3 nitrogen and oxygen atoms in total. The fourth-order valence-corrected chi connectivity index (χ4v) is 3.44. The van der Waals surface area contributed by atoms with E-state index in [-0.39, 0.29) is 11.9 Å². The molecule has 0 unspecified atom stereocenters. The molecule has 0 aliphatic heterocycles. The van der Waals surface area contributed by atoms with E-state index in [1.54, 1.807) is 18.2 Å². The number of benzene rings is 1. The van der Waals surface area contributed by atoms with Crippen LogP contribution >= 0.6 is 23.4 Å². The van der Waals surface area contributed by atoms with Gasteiger partial charge in [0.1, 0.15) is 0 Å². The average Bonchev–Trinajstić information content (AvgIpc) is 2.39. The minimum Gasteiger partial charge on any atom is -0.399 e. The zero-order chi connectivity index (χ0) is 13.8. The van der Waals surface area contributed by atoms with Gasteiger partial charge >= 0.3 is 0 Å². The molecule has 0 atom stereocenters. The van der Waals surface area contributed by atoms with Crippen molar-refractivity contribution in [2.24, 2.45) is 0 Å². The number of carbonyl (C=O) groups is 1. The smallest absolute Gasteiger partial charge is 0.253 e. The largest absolute Gasteiger partial charge is 0.399 e. The van der Waals surface area contributed by atoms with Crippen LogP contribution in [0.3, 0.4) is 0 Å². The van der Waals surface area contributed by atoms with E-state index in [1.165, 1.54) is 12.8 Å². The fraction of sp³-hybridized carbons (Fsp3) is 0.500. The third kappa shape index (κ3) is 3.80. The summed E-state index contributed by atoms with van der Waals surface area (Å²) in [7, 11) is 0. The van der Waals surface area contributed by atoms with Crippen molar-refractivity contribution < 1.29 is 4.79 Å². The topological polar surface area (TPSA) is 55.1 Å². The van der Waals surface area contributed by atoms with Crippen LogP contribution < -0.4 is 11.1 Å². The number of carbonyl (C=O) groups excluding carboxylic acids is 1. The molecule has 2 rings (SSSR count). The minimum atomic E-state index is -0.0994. The molecule has 19 heavy (non-hydrogen) atoms. The number of halogens is 1. The molecule has 1 fully saturated rings. The van der Waals surface area contributed by atoms with Gasteiger partial charge in [0.25, 0.3) is 5.91 Å². The predicted molar refractivity (Wildman–Crippen MR) is 82.9 cm³/mol. The summed E-state index contributed by atoms with van der Waals surface area (Å²) in [6, 6.07) is 5.26. The molecule has 1 aliphatic carbocycles. The van der Waals surface area contributed by atoms with E-state index in [1.807, 2.05) is 11.8 Å². The second-order valence-electron chi connectivity index (χ2n) is 4.92. The summed E-state index contributed by atoms with van der Waals surface area (Å²) >= 11 is 7.96. The van der Waals surface area contributed by atoms with Gasteiger partial charge in [0, 0.05) is 17.0 Å². The molecule has 0 heterocycles. The molecule has 0 saturated heterocycles. The van der Waals surface area contributed by atoms with Crippen LogP contribution in [0, 0.1) is 0 Å². The number of amides is 1. The molecule has 0 spiro atoms. The van der Waals surface area contributed by atoms with E-state index in [4.69, 9.17) is 17.3 Å². The van der Waals surface area contributed by atoms with Gasteiger partial charge in [-0.05, 0) is 50.1 Å². The van der Waals surface area contributed by atoms with Crippen LogP contribution in [0.5, 0.6) is 0 Å². The molecule has 0 aromatic heterocycles. The predicted octanol–water partition coefficient (Wildman–Crippen LogP) is 3.33. The lowest BCUT2D eigenvalue weighted by molar-refractivity contribution is 0.0928. The van der Waals surface area contributed by atoms with Crippen LogP contribution in [0.1, 0.15) is 36.0 Å². The van der Waals surface area contributed by atoms with E-state index in [0.717, 1.165) is 18.1 Å². The SMILES string of the molecule is CSC1CCC(NC(=O)c2ccc(N)cc2Cl)CC1. The minimum absolute atomic E-state index is 0.0994. The first-order valence-electron chi connectivity index (χ1n) is 6.49. The number of thioether (sulfide) groups is 1. The van der Waals surface area contributed by atoms with Crippen molar-refractivity contribution in [3.63, 3.8) is 0 Å². The number of nitrogens with two attached hydrogens (primary N) is 1. The molecule has 1 aromatic rings. The van der Waals surface area contributed by atoms with Gasteiger partial charge in [-0.3, -0.25) is 4.79 Å². The third-order valence-corrected chi connectivity index (χ3v) is 5.03. The molecule has 5 heteroatoms. The van der Waals surface area contributed by atoms with Crippen molar-refractivity contribution in [2.45, 2.75) is 37.0 Å². The van der Waals surface area contributed by atoms with Gasteiger partial charge in [0.05, 0.1) is 10.6 Å². The highest BCUT2D eigenvalue weighted by Crippen LogP contribution is 2.27. The lowest BCUT2D eigenvalue weighted by Gasteiger charge is -2.28. The number of hydrogen-bond acceptors (Lipinski definition) is 3. The van der Waals surface area contributed by atoms with E-state index < -0.39 is 0 Å². The van der Waals surface area contributed by atoms with Crippen LogP contribution in [0.4, 0.5) is 5.69 Å². The molecule has 0 radical (unpaired) electrons. The summed E-state index contributed by atoms with van der Waals surface area (Å²) in [6.07, 6.45) is 6.58. The van der Waals surface area contributed by atoms with Gasteiger partial charge in [-0.15, -0.1) is 0 Å². The summed E-state index contributed by atoms with van der Waals surface area (Å²) in [4.78, 5) is 12.2. The Kier molecular flexibility index (Phi) is 4.99. The summed E-state index contributed by atoms with van der Waals surface area (Å²) in [6.45, 7) is 0. The first-order chi connectivity index (χ1) is 9.10. The zero-order valence-corrected chi connectivity index (χ0v) is 12.6. The van der Waals surface area contributed by atoms with Gasteiger partial charge in [0.15, 0.2) is 0 Å². The fourth-order valence-electron chi connectivity index (χ4n) is 2.42. The summed E-state index contributed by atoms with van der Waals surface area (Å²) in [5.41, 5.74) is 6.70. The van der Waals surface area contributed by atoms with E-state index in [0.29, 0.717) is 16.3 Å². The zero-order valence-electron chi connectivity index (χ0n) is 11.0. The maximum atomic E-state index is 12.2. The Bertz CT molecular complexity index is 459. The number of nitrogens with one attached hydrogen (secondary N) is 1. The maximum absolute atomic E-state index is 12.2. The lowest BCUT2D eigenvalue weighted by Crippen LogP contribution is -2.38. The van der Waals surface area contributed by atoms with Crippen molar-refractivity contribution in [1.29, 1.82) is 0 Å². The summed E-state index contributed by atoms with van der Waals surface area (Å²) < 4.78 is 0. The number of hydrogen-bond donors (Lipinski definition) is 2. The standard InChI is InChI=1S/C14H19ClN2OS/c1-19-11-5-3-10(4-6-11)17-14(18)12-7-2-9(16)8-13(12)15/h2,7-8,10-11H,3-6,16H2,1H3,(H,17,18). The van der Waals surface area contributed by atoms with Gasteiger partial charge in [-0.25, -0.2) is 0 Å². The van der Waals surface area contributed by atoms with Crippen LogP contribution in [0.15, 0.2) is 18.2 Å². The van der Waals surface area contributed by atoms with Crippen molar-refractivity contribution in [3.8, 4) is 0 Å². The highest BCUT2D eigenvalue weighted by Gasteiger charge is 2.22. The van der Waals surface area contributed by atoms with Crippen molar-refractivity contribution in [1.82, 2.24) is 5.32 Å². The van der Waals surface area contributed by atoms with E-state index in [2.05, 4.69) is 11.6 Å². The monoisotopic (exact) mass is 298 g/mol. The molecule has 3 N–H and O–H groups in total. The van der Waals surface area contributed by atoms with E-state index in [9.17, 15) is 4.79 Å². The van der Waals surface area contributed by atoms with E-state index >= 15 is 0 Å². The van der Waals surface area contributed by atoms with Crippen LogP contribution in [0.2, 0.25) is 5.02 Å². The lowest BCUT2D eigenvalue weighted by atomic mass is 9.94. The molecule has 104 valence electrons. The van der Waals surface area contributed by atoms with Gasteiger partial charge in [0.2, 0.25) is 0 Å². The quantitative estimate of drug-likeness (QED) is 0.842. The summed E-state index contributed by atoms with van der Waals surface area (Å²) in [5, 5.41) is 4.22. The molecule has 1 aromatic carbocycles. The number of anilines is 1. The Morgan fingerprint density at radius 1 is 1.37 bits per heavy atom. The van der Waals surface area contributed by atoms with Gasteiger partial charge < -0.3 is 11.1 Å². The van der Waals surface area contributed by atoms with Crippen LogP contribution in [0.25, 0.3) is 0 Å². The second kappa shape index (κ2) is 6.53. The van der Waals surface area contributed by atoms with Crippen molar-refractivity contribution in [3.05, 3.63) is 28.8 Å². The number of rotatable bonds is 3. The number of nitrogen functional groups attached to an aromatic ring is 1. The normalized spacial score (nSPS) is 23.1. The van der Waals surface area contributed by atoms with Crippen LogP contribution in [-0.2, 0) is 0 Å². The summed E-state index contributed by atoms with van der Waals surface area (Å²) in [5.74, 6) is -0.0994. The first-order valence-corrected chi connectivity index (χ1v) is 8.15. The molecule has 1 aliphatic rings. The average molecular weight is 299 g/mol. The van der Waals surface area contributed by atoms with Crippen molar-refractivity contribution in [2.75, 3.05) is 12.0 Å². The highest BCUT2D eigenvalue weighted by atomic mass is 35.5. The second-order valence-corrected chi connectivity index (χ2v) is 6.47.